The topological polar surface area (TPSA) is 4.93 Å². The highest BCUT2D eigenvalue weighted by molar-refractivity contribution is 5.95. The molecule has 164 valence electrons. The number of benzene rings is 2. The van der Waals surface area contributed by atoms with Crippen molar-refractivity contribution in [2.45, 2.75) is 44.9 Å². The van der Waals surface area contributed by atoms with Crippen LogP contribution in [0.25, 0.3) is 22.7 Å². The predicted molar refractivity (Wildman–Crippen MR) is 141 cm³/mol. The summed E-state index contributed by atoms with van der Waals surface area (Å²) in [5, 5.41) is 1.39. The molecule has 2 atom stereocenters. The molecule has 3 aliphatic rings. The summed E-state index contributed by atoms with van der Waals surface area (Å²) >= 11 is 0. The molecule has 1 heteroatoms. The summed E-state index contributed by atoms with van der Waals surface area (Å²) in [6.07, 6.45) is 24.5. The number of allylic oxidation sites excluding steroid dienone is 9. The summed E-state index contributed by atoms with van der Waals surface area (Å²) in [6.45, 7) is 2.30. The Labute approximate surface area is 197 Å². The average molecular weight is 430 g/mol. The van der Waals surface area contributed by atoms with E-state index in [1.54, 1.807) is 0 Å². The highest BCUT2D eigenvalue weighted by atomic mass is 15.0. The van der Waals surface area contributed by atoms with E-state index in [4.69, 9.17) is 0 Å². The largest absolute Gasteiger partial charge is 0.313 e. The van der Waals surface area contributed by atoms with Crippen LogP contribution < -0.4 is 0 Å². The zero-order chi connectivity index (χ0) is 22.2. The SMILES string of the molecule is CC1=CCCC=C1[C@@H]1C=CC=CCC1c1cccc2c3c(n(-c4ccccc4)c12)CCC=C3. The van der Waals surface area contributed by atoms with E-state index in [9.17, 15) is 0 Å². The predicted octanol–water partition coefficient (Wildman–Crippen LogP) is 8.47. The number of nitrogens with zero attached hydrogens (tertiary/aromatic N) is 1. The van der Waals surface area contributed by atoms with Crippen molar-refractivity contribution >= 4 is 17.0 Å². The number of aromatic nitrogens is 1. The first-order valence-electron chi connectivity index (χ1n) is 12.4. The van der Waals surface area contributed by atoms with Gasteiger partial charge in [-0.05, 0) is 68.2 Å². The molecule has 1 unspecified atom stereocenters. The molecule has 1 heterocycles. The first-order chi connectivity index (χ1) is 16.3. The van der Waals surface area contributed by atoms with Crippen LogP contribution in [0.5, 0.6) is 0 Å². The third-order valence-electron chi connectivity index (χ3n) is 7.59. The fourth-order valence-corrected chi connectivity index (χ4v) is 6.08. The summed E-state index contributed by atoms with van der Waals surface area (Å²) in [5.41, 5.74) is 9.98. The monoisotopic (exact) mass is 429 g/mol. The Bertz CT molecular complexity index is 1340. The van der Waals surface area contributed by atoms with Crippen LogP contribution in [-0.4, -0.2) is 4.57 Å². The van der Waals surface area contributed by atoms with E-state index in [0.29, 0.717) is 11.8 Å². The summed E-state index contributed by atoms with van der Waals surface area (Å²) in [6, 6.07) is 18.0. The van der Waals surface area contributed by atoms with Gasteiger partial charge >= 0.3 is 0 Å². The van der Waals surface area contributed by atoms with Crippen molar-refractivity contribution in [3.63, 3.8) is 0 Å². The molecule has 0 saturated heterocycles. The lowest BCUT2D eigenvalue weighted by atomic mass is 9.75. The lowest BCUT2D eigenvalue weighted by Gasteiger charge is -2.29. The van der Waals surface area contributed by atoms with Gasteiger partial charge in [-0.2, -0.15) is 0 Å². The average Bonchev–Trinajstić information content (AvgIpc) is 3.01. The Balaban J connectivity index is 1.61. The second-order valence-electron chi connectivity index (χ2n) is 9.52. The van der Waals surface area contributed by atoms with E-state index < -0.39 is 0 Å². The van der Waals surface area contributed by atoms with Gasteiger partial charge in [0.1, 0.15) is 0 Å². The zero-order valence-corrected chi connectivity index (χ0v) is 19.4. The first kappa shape index (κ1) is 20.3. The van der Waals surface area contributed by atoms with Crippen LogP contribution in [0.1, 0.15) is 55.3 Å². The maximum Gasteiger partial charge on any atom is 0.0572 e. The molecule has 3 aromatic rings. The van der Waals surface area contributed by atoms with Crippen LogP contribution in [-0.2, 0) is 6.42 Å². The van der Waals surface area contributed by atoms with Crippen LogP contribution in [0.4, 0.5) is 0 Å². The Morgan fingerprint density at radius 3 is 2.61 bits per heavy atom. The first-order valence-corrected chi connectivity index (χ1v) is 12.4. The van der Waals surface area contributed by atoms with Crippen molar-refractivity contribution in [1.29, 1.82) is 0 Å². The smallest absolute Gasteiger partial charge is 0.0572 e. The van der Waals surface area contributed by atoms with Crippen LogP contribution in [0.15, 0.2) is 102 Å². The standard InChI is InChI=1S/C32H31N/c1-23-13-8-9-16-25(23)26-17-6-3-7-18-27(26)29-20-12-21-30-28-19-10-11-22-31(28)33(32(29)30)24-14-4-2-5-15-24/h2-7,10,12-17,19-21,26-27H,8-9,11,18,22H2,1H3/t26-,27?/m0/s1. The lowest BCUT2D eigenvalue weighted by molar-refractivity contribution is 0.579. The molecule has 0 radical (unpaired) electrons. The molecule has 2 aromatic carbocycles. The van der Waals surface area contributed by atoms with E-state index >= 15 is 0 Å². The van der Waals surface area contributed by atoms with E-state index in [2.05, 4.69) is 109 Å². The van der Waals surface area contributed by atoms with Gasteiger partial charge in [0.05, 0.1) is 5.52 Å². The Morgan fingerprint density at radius 1 is 0.848 bits per heavy atom. The van der Waals surface area contributed by atoms with Gasteiger partial charge in [-0.25, -0.2) is 0 Å². The van der Waals surface area contributed by atoms with Gasteiger partial charge in [0.2, 0.25) is 0 Å². The molecule has 1 nitrogen and oxygen atoms in total. The Hall–Kier alpha value is -3.32. The fraction of sp³-hybridized carbons (Fsp3) is 0.250. The molecule has 0 bridgehead atoms. The van der Waals surface area contributed by atoms with Gasteiger partial charge in [0.25, 0.3) is 0 Å². The molecular formula is C32H31N. The lowest BCUT2D eigenvalue weighted by Crippen LogP contribution is -2.16. The van der Waals surface area contributed by atoms with Gasteiger partial charge in [-0.15, -0.1) is 0 Å². The molecule has 0 saturated carbocycles. The Kier molecular flexibility index (Phi) is 5.26. The highest BCUT2D eigenvalue weighted by Gasteiger charge is 2.30. The van der Waals surface area contributed by atoms with Gasteiger partial charge in [-0.3, -0.25) is 0 Å². The molecule has 0 fully saturated rings. The van der Waals surface area contributed by atoms with E-state index in [0.717, 1.165) is 25.7 Å². The molecular weight excluding hydrogens is 398 g/mol. The third kappa shape index (κ3) is 3.47. The highest BCUT2D eigenvalue weighted by Crippen LogP contribution is 2.45. The van der Waals surface area contributed by atoms with Crippen LogP contribution in [0.2, 0.25) is 0 Å². The summed E-state index contributed by atoms with van der Waals surface area (Å²) in [5.74, 6) is 0.813. The molecule has 0 aliphatic heterocycles. The molecule has 0 spiro atoms. The van der Waals surface area contributed by atoms with E-state index in [1.807, 2.05) is 0 Å². The summed E-state index contributed by atoms with van der Waals surface area (Å²) < 4.78 is 2.57. The van der Waals surface area contributed by atoms with Crippen LogP contribution in [0, 0.1) is 5.92 Å². The quantitative estimate of drug-likeness (QED) is 0.393. The molecule has 6 rings (SSSR count). The van der Waals surface area contributed by atoms with E-state index in [1.165, 1.54) is 51.0 Å². The van der Waals surface area contributed by atoms with Crippen LogP contribution >= 0.6 is 0 Å². The number of para-hydroxylation sites is 2. The molecule has 33 heavy (non-hydrogen) atoms. The second-order valence-corrected chi connectivity index (χ2v) is 9.52. The van der Waals surface area contributed by atoms with Gasteiger partial charge in [-0.1, -0.05) is 90.6 Å². The maximum absolute atomic E-state index is 2.57. The minimum absolute atomic E-state index is 0.397. The van der Waals surface area contributed by atoms with Gasteiger partial charge in [0.15, 0.2) is 0 Å². The Morgan fingerprint density at radius 2 is 1.73 bits per heavy atom. The van der Waals surface area contributed by atoms with Crippen LogP contribution in [0.3, 0.4) is 0 Å². The van der Waals surface area contributed by atoms with Crippen molar-refractivity contribution in [3.8, 4) is 5.69 Å². The molecule has 0 N–H and O–H groups in total. The number of hydrogen-bond acceptors (Lipinski definition) is 0. The summed E-state index contributed by atoms with van der Waals surface area (Å²) in [7, 11) is 0. The number of rotatable bonds is 3. The van der Waals surface area contributed by atoms with E-state index in [-0.39, 0.29) is 0 Å². The second kappa shape index (κ2) is 8.56. The van der Waals surface area contributed by atoms with Crippen molar-refractivity contribution in [2.75, 3.05) is 0 Å². The minimum Gasteiger partial charge on any atom is -0.313 e. The molecule has 1 aromatic heterocycles. The number of hydrogen-bond donors (Lipinski definition) is 0. The fourth-order valence-electron chi connectivity index (χ4n) is 6.08. The minimum atomic E-state index is 0.397. The van der Waals surface area contributed by atoms with Crippen molar-refractivity contribution < 1.29 is 0 Å². The normalized spacial score (nSPS) is 22.1. The number of fused-ring (bicyclic) bond motifs is 3. The summed E-state index contributed by atoms with van der Waals surface area (Å²) in [4.78, 5) is 0. The van der Waals surface area contributed by atoms with Gasteiger partial charge < -0.3 is 4.57 Å². The maximum atomic E-state index is 2.57. The van der Waals surface area contributed by atoms with Crippen molar-refractivity contribution in [1.82, 2.24) is 4.57 Å². The third-order valence-corrected chi connectivity index (χ3v) is 7.59. The zero-order valence-electron chi connectivity index (χ0n) is 19.4. The van der Waals surface area contributed by atoms with Crippen molar-refractivity contribution in [2.24, 2.45) is 5.92 Å². The molecule has 3 aliphatic carbocycles. The molecule has 0 amide bonds. The van der Waals surface area contributed by atoms with Gasteiger partial charge in [0, 0.05) is 28.2 Å². The van der Waals surface area contributed by atoms with Crippen molar-refractivity contribution in [3.05, 3.63) is 119 Å².